The molecule has 3 aliphatic heterocycles. The number of halogens is 1. The molecule has 144 valence electrons. The predicted molar refractivity (Wildman–Crippen MR) is 100 cm³/mol. The van der Waals surface area contributed by atoms with E-state index in [0.29, 0.717) is 31.3 Å². The molecule has 3 heterocycles. The van der Waals surface area contributed by atoms with E-state index in [-0.39, 0.29) is 30.8 Å². The molecule has 8 heteroatoms. The van der Waals surface area contributed by atoms with Crippen molar-refractivity contribution in [2.45, 2.75) is 18.4 Å². The molecule has 0 bridgehead atoms. The van der Waals surface area contributed by atoms with Gasteiger partial charge in [-0.15, -0.1) is 12.4 Å². The zero-order valence-electron chi connectivity index (χ0n) is 14.9. The van der Waals surface area contributed by atoms with Gasteiger partial charge in [-0.3, -0.25) is 14.5 Å². The molecule has 0 aromatic heterocycles. The van der Waals surface area contributed by atoms with E-state index in [2.05, 4.69) is 10.6 Å². The highest BCUT2D eigenvalue weighted by molar-refractivity contribution is 6.09. The highest BCUT2D eigenvalue weighted by Gasteiger charge is 2.55. The molecule has 4 amide bonds. The number of benzene rings is 1. The number of nitrogens with one attached hydrogen (secondary N) is 2. The van der Waals surface area contributed by atoms with Crippen molar-refractivity contribution in [3.05, 3.63) is 35.4 Å². The van der Waals surface area contributed by atoms with Crippen molar-refractivity contribution in [2.75, 3.05) is 32.7 Å². The number of carbonyl (C=O) groups is 3. The smallest absolute Gasteiger partial charge is 0.325 e. The molecule has 5 rings (SSSR count). The Kier molecular flexibility index (Phi) is 4.39. The molecule has 3 fully saturated rings. The van der Waals surface area contributed by atoms with Crippen LogP contribution in [0.5, 0.6) is 0 Å². The molecule has 0 saturated carbocycles. The van der Waals surface area contributed by atoms with Crippen molar-refractivity contribution in [1.29, 1.82) is 0 Å². The van der Waals surface area contributed by atoms with Crippen molar-refractivity contribution < 1.29 is 14.4 Å². The predicted octanol–water partition coefficient (Wildman–Crippen LogP) is 0.480. The average molecular weight is 391 g/mol. The topological polar surface area (TPSA) is 81.8 Å². The molecule has 4 aliphatic rings. The summed E-state index contributed by atoms with van der Waals surface area (Å²) in [6.07, 6.45) is 1.31. The van der Waals surface area contributed by atoms with Gasteiger partial charge in [0.15, 0.2) is 0 Å². The Morgan fingerprint density at radius 3 is 2.59 bits per heavy atom. The van der Waals surface area contributed by atoms with Crippen molar-refractivity contribution in [3.63, 3.8) is 0 Å². The Labute approximate surface area is 163 Å². The number of likely N-dealkylation sites (tertiary alicyclic amines) is 1. The lowest BCUT2D eigenvalue weighted by atomic mass is 9.92. The maximum atomic E-state index is 13.1. The minimum Gasteiger partial charge on any atom is -0.340 e. The van der Waals surface area contributed by atoms with Crippen LogP contribution in [0.4, 0.5) is 4.79 Å². The Morgan fingerprint density at radius 1 is 1.15 bits per heavy atom. The number of rotatable bonds is 2. The van der Waals surface area contributed by atoms with E-state index in [4.69, 9.17) is 0 Å². The summed E-state index contributed by atoms with van der Waals surface area (Å²) in [7, 11) is 0. The Balaban J connectivity index is 0.00000180. The third-order valence-electron chi connectivity index (χ3n) is 6.46. The van der Waals surface area contributed by atoms with Gasteiger partial charge >= 0.3 is 6.03 Å². The van der Waals surface area contributed by atoms with E-state index in [1.165, 1.54) is 0 Å². The molecule has 7 nitrogen and oxygen atoms in total. The van der Waals surface area contributed by atoms with Gasteiger partial charge in [-0.25, -0.2) is 4.79 Å². The minimum absolute atomic E-state index is 0. The van der Waals surface area contributed by atoms with E-state index >= 15 is 0 Å². The summed E-state index contributed by atoms with van der Waals surface area (Å²) in [6.45, 7) is 3.15. The Hall–Kier alpha value is -2.12. The van der Waals surface area contributed by atoms with E-state index in [1.54, 1.807) is 0 Å². The van der Waals surface area contributed by atoms with Gasteiger partial charge < -0.3 is 15.5 Å². The molecule has 1 aromatic carbocycles. The van der Waals surface area contributed by atoms with Gasteiger partial charge in [0.25, 0.3) is 5.91 Å². The maximum Gasteiger partial charge on any atom is 0.325 e. The second kappa shape index (κ2) is 6.49. The molecule has 3 atom stereocenters. The first kappa shape index (κ1) is 18.3. The summed E-state index contributed by atoms with van der Waals surface area (Å²) in [6, 6.07) is 7.27. The molecule has 27 heavy (non-hydrogen) atoms. The summed E-state index contributed by atoms with van der Waals surface area (Å²) in [5.74, 6) is 0.568. The summed E-state index contributed by atoms with van der Waals surface area (Å²) in [4.78, 5) is 41.2. The molecule has 3 saturated heterocycles. The van der Waals surface area contributed by atoms with Gasteiger partial charge in [0.1, 0.15) is 12.1 Å². The Morgan fingerprint density at radius 2 is 1.85 bits per heavy atom. The monoisotopic (exact) mass is 390 g/mol. The van der Waals surface area contributed by atoms with E-state index in [9.17, 15) is 14.4 Å². The van der Waals surface area contributed by atoms with Gasteiger partial charge in [-0.2, -0.15) is 0 Å². The van der Waals surface area contributed by atoms with Crippen molar-refractivity contribution in [1.82, 2.24) is 20.4 Å². The first-order chi connectivity index (χ1) is 12.6. The third-order valence-corrected chi connectivity index (χ3v) is 6.46. The third kappa shape index (κ3) is 2.63. The standard InChI is InChI=1S/C19H22N4O3.ClH/c24-16(22-9-13-7-20-8-14(13)10-22)11-23-17(25)19(21-18(23)26)6-5-12-3-1-2-4-15(12)19;/h1-4,13-14,20H,5-11H2,(H,21,26);1H/t13-,14+,19?;. The second-order valence-electron chi connectivity index (χ2n) is 7.86. The first-order valence-electron chi connectivity index (χ1n) is 9.29. The molecular formula is C19H23ClN4O3. The zero-order valence-corrected chi connectivity index (χ0v) is 15.8. The van der Waals surface area contributed by atoms with Crippen molar-refractivity contribution >= 4 is 30.3 Å². The summed E-state index contributed by atoms with van der Waals surface area (Å²) in [5, 5.41) is 6.22. The fourth-order valence-corrected chi connectivity index (χ4v) is 5.03. The van der Waals surface area contributed by atoms with E-state index < -0.39 is 11.6 Å². The van der Waals surface area contributed by atoms with Crippen LogP contribution in [0.25, 0.3) is 0 Å². The number of aryl methyl sites for hydroxylation is 1. The number of hydrogen-bond acceptors (Lipinski definition) is 4. The van der Waals surface area contributed by atoms with Gasteiger partial charge in [0.2, 0.25) is 5.91 Å². The van der Waals surface area contributed by atoms with E-state index in [1.807, 2.05) is 29.2 Å². The van der Waals surface area contributed by atoms with Crippen LogP contribution in [-0.2, 0) is 21.5 Å². The first-order valence-corrected chi connectivity index (χ1v) is 9.29. The average Bonchev–Trinajstić information content (AvgIpc) is 3.36. The molecule has 0 radical (unpaired) electrons. The molecule has 2 N–H and O–H groups in total. The summed E-state index contributed by atoms with van der Waals surface area (Å²) in [5.41, 5.74) is 0.976. The molecule has 1 spiro atoms. The number of imide groups is 1. The summed E-state index contributed by atoms with van der Waals surface area (Å²) < 4.78 is 0. The number of fused-ring (bicyclic) bond motifs is 3. The van der Waals surface area contributed by atoms with Crippen LogP contribution < -0.4 is 10.6 Å². The van der Waals surface area contributed by atoms with Crippen molar-refractivity contribution in [2.24, 2.45) is 11.8 Å². The number of urea groups is 1. The summed E-state index contributed by atoms with van der Waals surface area (Å²) >= 11 is 0. The fraction of sp³-hybridized carbons (Fsp3) is 0.526. The lowest BCUT2D eigenvalue weighted by Gasteiger charge is -2.23. The number of carbonyl (C=O) groups excluding carboxylic acids is 3. The van der Waals surface area contributed by atoms with Crippen molar-refractivity contribution in [3.8, 4) is 0 Å². The highest BCUT2D eigenvalue weighted by atomic mass is 35.5. The van der Waals surface area contributed by atoms with E-state index in [0.717, 1.165) is 35.5 Å². The molecular weight excluding hydrogens is 368 g/mol. The van der Waals surface area contributed by atoms with Crippen LogP contribution in [-0.4, -0.2) is 60.4 Å². The highest BCUT2D eigenvalue weighted by Crippen LogP contribution is 2.41. The van der Waals surface area contributed by atoms with Gasteiger partial charge in [0, 0.05) is 26.2 Å². The SMILES string of the molecule is Cl.O=C(CN1C(=O)NC2(CCc3ccccc32)C1=O)N1C[C@H]2CNC[C@H]2C1. The van der Waals surface area contributed by atoms with Crippen LogP contribution in [0, 0.1) is 11.8 Å². The largest absolute Gasteiger partial charge is 0.340 e. The Bertz CT molecular complexity index is 804. The van der Waals surface area contributed by atoms with Gasteiger partial charge in [-0.1, -0.05) is 24.3 Å². The van der Waals surface area contributed by atoms with Gasteiger partial charge in [-0.05, 0) is 35.8 Å². The van der Waals surface area contributed by atoms with Crippen LogP contribution in [0.3, 0.4) is 0 Å². The lowest BCUT2D eigenvalue weighted by Crippen LogP contribution is -2.45. The van der Waals surface area contributed by atoms with Crippen LogP contribution in [0.1, 0.15) is 17.5 Å². The number of hydrogen-bond donors (Lipinski definition) is 2. The molecule has 1 aliphatic carbocycles. The van der Waals surface area contributed by atoms with Crippen LogP contribution >= 0.6 is 12.4 Å². The maximum absolute atomic E-state index is 13.1. The van der Waals surface area contributed by atoms with Gasteiger partial charge in [0.05, 0.1) is 0 Å². The molecule has 1 unspecified atom stereocenters. The molecule has 1 aromatic rings. The quantitative estimate of drug-likeness (QED) is 0.720. The van der Waals surface area contributed by atoms with Crippen LogP contribution in [0.15, 0.2) is 24.3 Å². The zero-order chi connectivity index (χ0) is 17.9. The second-order valence-corrected chi connectivity index (χ2v) is 7.86. The minimum atomic E-state index is -0.987. The number of amides is 4. The normalized spacial score (nSPS) is 31.1. The number of nitrogens with zero attached hydrogens (tertiary/aromatic N) is 2. The lowest BCUT2D eigenvalue weighted by molar-refractivity contribution is -0.138. The van der Waals surface area contributed by atoms with Crippen LogP contribution in [0.2, 0.25) is 0 Å². The fourth-order valence-electron chi connectivity index (χ4n) is 5.03.